The van der Waals surface area contributed by atoms with E-state index in [4.69, 9.17) is 4.42 Å². The molecule has 0 atom stereocenters. The van der Waals surface area contributed by atoms with E-state index in [1.165, 1.54) is 82.6 Å². The Morgan fingerprint density at radius 3 is 1.85 bits per heavy atom. The number of hydrogen-bond donors (Lipinski definition) is 0. The molecule has 0 unspecified atom stereocenters. The molecule has 7 aromatic carbocycles. The van der Waals surface area contributed by atoms with E-state index in [-0.39, 0.29) is 23.1 Å². The lowest BCUT2D eigenvalue weighted by atomic mass is 9.47. The van der Waals surface area contributed by atoms with Crippen molar-refractivity contribution in [2.45, 2.75) is 78.6 Å². The second kappa shape index (κ2) is 12.1. The van der Waals surface area contributed by atoms with Crippen molar-refractivity contribution in [1.82, 2.24) is 9.05 Å². The number of nitrogens with zero attached hydrogens (tertiary/aromatic N) is 3. The average molecular weight is 792 g/mol. The van der Waals surface area contributed by atoms with Crippen LogP contribution in [0.5, 0.6) is 0 Å². The van der Waals surface area contributed by atoms with Crippen LogP contribution in [0.15, 0.2) is 144 Å². The molecule has 3 aromatic heterocycles. The van der Waals surface area contributed by atoms with Crippen molar-refractivity contribution >= 4 is 89.6 Å². The third-order valence-electron chi connectivity index (χ3n) is 13.7. The van der Waals surface area contributed by atoms with Gasteiger partial charge >= 0.3 is 6.85 Å². The Morgan fingerprint density at radius 1 is 0.459 bits per heavy atom. The lowest BCUT2D eigenvalue weighted by molar-refractivity contribution is 0.590. The zero-order chi connectivity index (χ0) is 41.9. The summed E-state index contributed by atoms with van der Waals surface area (Å²) in [6.07, 6.45) is 0. The largest absolute Gasteiger partial charge is 0.466 e. The number of anilines is 3. The number of hydrogen-bond acceptors (Lipinski definition) is 2. The van der Waals surface area contributed by atoms with E-state index in [1.54, 1.807) is 0 Å². The summed E-state index contributed by atoms with van der Waals surface area (Å²) in [4.78, 5) is 2.53. The van der Waals surface area contributed by atoms with Crippen LogP contribution in [0.2, 0.25) is 0 Å². The molecule has 0 saturated carbocycles. The Labute approximate surface area is 358 Å². The van der Waals surface area contributed by atoms with E-state index in [1.807, 2.05) is 0 Å². The highest BCUT2D eigenvalue weighted by molar-refractivity contribution is 6.89. The minimum atomic E-state index is -0.195. The second-order valence-corrected chi connectivity index (χ2v) is 20.7. The van der Waals surface area contributed by atoms with Gasteiger partial charge in [0.1, 0.15) is 11.2 Å². The van der Waals surface area contributed by atoms with Gasteiger partial charge in [-0.15, -0.1) is 0 Å². The zero-order valence-electron chi connectivity index (χ0n) is 36.6. The third kappa shape index (κ3) is 5.07. The maximum absolute atomic E-state index is 7.35. The van der Waals surface area contributed by atoms with Gasteiger partial charge in [0.15, 0.2) is 0 Å². The number of benzene rings is 7. The number of aromatic nitrogens is 2. The molecule has 0 aliphatic carbocycles. The molecule has 4 nitrogen and oxygen atoms in total. The van der Waals surface area contributed by atoms with Crippen molar-refractivity contribution in [3.8, 4) is 16.8 Å². The predicted molar refractivity (Wildman–Crippen MR) is 260 cm³/mol. The van der Waals surface area contributed by atoms with Crippen molar-refractivity contribution in [1.29, 1.82) is 0 Å². The molecule has 5 heteroatoms. The van der Waals surface area contributed by atoms with Crippen molar-refractivity contribution in [3.63, 3.8) is 0 Å². The number of furan rings is 1. The highest BCUT2D eigenvalue weighted by Crippen LogP contribution is 2.50. The van der Waals surface area contributed by atoms with E-state index < -0.39 is 0 Å². The number of para-hydroxylation sites is 3. The fourth-order valence-electron chi connectivity index (χ4n) is 10.5. The van der Waals surface area contributed by atoms with Gasteiger partial charge in [0.05, 0.1) is 16.7 Å². The SMILES string of the molecule is CC(C)(C)c1ccc(N2c3cc(C(C)(C)C)cc4c3B(c3oc5ccc(C(C)(C)C)cc5c32)n2c3cc5c6ccccc6n(-c6ccccc6)c5cc3c3cccc-4c32)cc1. The van der Waals surface area contributed by atoms with Crippen LogP contribution < -0.4 is 16.0 Å². The van der Waals surface area contributed by atoms with Crippen LogP contribution in [0.3, 0.4) is 0 Å². The molecule has 2 aliphatic heterocycles. The van der Waals surface area contributed by atoms with Crippen molar-refractivity contribution in [3.05, 3.63) is 156 Å². The van der Waals surface area contributed by atoms with Crippen LogP contribution in [-0.4, -0.2) is 15.9 Å². The number of rotatable bonds is 2. The molecule has 0 bridgehead atoms. The summed E-state index contributed by atoms with van der Waals surface area (Å²) in [6.45, 7) is 20.6. The lowest BCUT2D eigenvalue weighted by Crippen LogP contribution is -2.56. The smallest absolute Gasteiger partial charge is 0.375 e. The summed E-state index contributed by atoms with van der Waals surface area (Å²) in [5, 5.41) is 6.16. The average Bonchev–Trinajstić information content (AvgIpc) is 3.88. The summed E-state index contributed by atoms with van der Waals surface area (Å²) >= 11 is 0. The van der Waals surface area contributed by atoms with E-state index >= 15 is 0 Å². The first-order chi connectivity index (χ1) is 29.2. The van der Waals surface area contributed by atoms with Gasteiger partial charge in [-0.3, -0.25) is 0 Å². The van der Waals surface area contributed by atoms with Crippen LogP contribution in [-0.2, 0) is 16.2 Å². The van der Waals surface area contributed by atoms with Gasteiger partial charge in [-0.05, 0) is 105 Å². The minimum Gasteiger partial charge on any atom is -0.466 e. The van der Waals surface area contributed by atoms with Gasteiger partial charge in [-0.25, -0.2) is 0 Å². The molecule has 2 aliphatic rings. The predicted octanol–water partition coefficient (Wildman–Crippen LogP) is 13.9. The summed E-state index contributed by atoms with van der Waals surface area (Å²) < 4.78 is 12.4. The Bertz CT molecular complexity index is 3470. The van der Waals surface area contributed by atoms with E-state index in [2.05, 4.69) is 216 Å². The highest BCUT2D eigenvalue weighted by Gasteiger charge is 2.47. The molecule has 0 amide bonds. The van der Waals surface area contributed by atoms with Crippen LogP contribution in [0.4, 0.5) is 17.1 Å². The van der Waals surface area contributed by atoms with Gasteiger partial charge in [0.2, 0.25) is 0 Å². The molecule has 61 heavy (non-hydrogen) atoms. The molecule has 0 N–H and O–H groups in total. The van der Waals surface area contributed by atoms with E-state index in [9.17, 15) is 0 Å². The minimum absolute atomic E-state index is 0.0342. The first kappa shape index (κ1) is 36.4. The highest BCUT2D eigenvalue weighted by atomic mass is 16.3. The summed E-state index contributed by atoms with van der Waals surface area (Å²) in [5.74, 6) is 0. The Hall–Kier alpha value is -6.46. The van der Waals surface area contributed by atoms with Gasteiger partial charge in [0.25, 0.3) is 0 Å². The molecule has 12 rings (SSSR count). The molecular formula is C56H50BN3O. The maximum atomic E-state index is 7.35. The summed E-state index contributed by atoms with van der Waals surface area (Å²) in [6, 6.07) is 52.7. The van der Waals surface area contributed by atoms with Gasteiger partial charge in [0, 0.05) is 60.6 Å². The normalized spacial score (nSPS) is 13.9. The molecule has 0 fully saturated rings. The topological polar surface area (TPSA) is 26.2 Å². The fourth-order valence-corrected chi connectivity index (χ4v) is 10.5. The standard InChI is InChI=1S/C56H50BN3O/c1-54(2,3)33-22-25-37(26-23-33)59-48-30-35(56(7,8)9)29-43-40-20-15-19-39-42-31-46-41(38-18-13-14-21-45(38)58(46)36-16-11-10-12-17-36)32-47(42)60(51(39)40)57(50(43)48)53-52(59)44-28-34(55(4,5)6)24-27-49(44)61-53/h10-32H,1-9H3. The van der Waals surface area contributed by atoms with Gasteiger partial charge < -0.3 is 18.4 Å². The van der Waals surface area contributed by atoms with Gasteiger partial charge in [-0.2, -0.15) is 0 Å². The Balaban J connectivity index is 1.24. The first-order valence-electron chi connectivity index (χ1n) is 21.9. The summed E-state index contributed by atoms with van der Waals surface area (Å²) in [5.41, 5.74) is 19.2. The molecular weight excluding hydrogens is 741 g/mol. The third-order valence-corrected chi connectivity index (χ3v) is 13.7. The van der Waals surface area contributed by atoms with Gasteiger partial charge in [-0.1, -0.05) is 141 Å². The fraction of sp³-hybridized carbons (Fsp3) is 0.214. The molecule has 10 aromatic rings. The Kier molecular flexibility index (Phi) is 7.22. The monoisotopic (exact) mass is 791 g/mol. The molecule has 5 heterocycles. The van der Waals surface area contributed by atoms with Crippen LogP contribution in [0.25, 0.3) is 71.4 Å². The number of fused-ring (bicyclic) bond motifs is 12. The maximum Gasteiger partial charge on any atom is 0.375 e. The molecule has 0 radical (unpaired) electrons. The lowest BCUT2D eigenvalue weighted by Gasteiger charge is -2.39. The quantitative estimate of drug-likeness (QED) is 0.163. The van der Waals surface area contributed by atoms with Crippen molar-refractivity contribution in [2.75, 3.05) is 4.90 Å². The second-order valence-electron chi connectivity index (χ2n) is 20.7. The van der Waals surface area contributed by atoms with E-state index in [0.717, 1.165) is 33.7 Å². The van der Waals surface area contributed by atoms with Crippen LogP contribution in [0, 0.1) is 0 Å². The van der Waals surface area contributed by atoms with E-state index in [0.29, 0.717) is 0 Å². The van der Waals surface area contributed by atoms with Crippen LogP contribution >= 0.6 is 0 Å². The van der Waals surface area contributed by atoms with Crippen molar-refractivity contribution in [2.24, 2.45) is 0 Å². The van der Waals surface area contributed by atoms with Crippen LogP contribution in [0.1, 0.15) is 79.0 Å². The Morgan fingerprint density at radius 2 is 1.11 bits per heavy atom. The summed E-state index contributed by atoms with van der Waals surface area (Å²) in [7, 11) is 0. The molecule has 0 spiro atoms. The molecule has 298 valence electrons. The zero-order valence-corrected chi connectivity index (χ0v) is 36.6. The van der Waals surface area contributed by atoms with Crippen molar-refractivity contribution < 1.29 is 4.42 Å². The molecule has 0 saturated heterocycles. The first-order valence-corrected chi connectivity index (χ1v) is 21.9.